The molecule has 0 bridgehead atoms. The van der Waals surface area contributed by atoms with Crippen LogP contribution < -0.4 is 15.4 Å². The molecule has 2 aromatic rings. The molecular weight excluding hydrogens is 477 g/mol. The summed E-state index contributed by atoms with van der Waals surface area (Å²) in [5.41, 5.74) is 10.1. The number of nitrogen functional groups attached to an aromatic ring is 1. The van der Waals surface area contributed by atoms with Crippen molar-refractivity contribution in [2.45, 2.75) is 62.2 Å². The zero-order chi connectivity index (χ0) is 24.7. The largest absolute Gasteiger partial charge is 0.461 e. The predicted molar refractivity (Wildman–Crippen MR) is 136 cm³/mol. The van der Waals surface area contributed by atoms with Gasteiger partial charge in [0.2, 0.25) is 0 Å². The topological polar surface area (TPSA) is 94.5 Å². The summed E-state index contributed by atoms with van der Waals surface area (Å²) < 4.78 is 20.5. The fourth-order valence-corrected chi connectivity index (χ4v) is 8.60. The van der Waals surface area contributed by atoms with E-state index in [0.717, 1.165) is 76.3 Å². The first-order valence-corrected chi connectivity index (χ1v) is 13.9. The van der Waals surface area contributed by atoms with E-state index >= 15 is 0 Å². The zero-order valence-electron chi connectivity index (χ0n) is 20.7. The van der Waals surface area contributed by atoms with Crippen molar-refractivity contribution in [1.29, 1.82) is 5.26 Å². The molecule has 2 aromatic heterocycles. The minimum absolute atomic E-state index is 0.0166. The molecule has 1 aliphatic carbocycles. The Bertz CT molecular complexity index is 1270. The predicted octanol–water partition coefficient (Wildman–Crippen LogP) is 2.64. The molecule has 10 heteroatoms. The molecule has 8 nitrogen and oxygen atoms in total. The molecule has 0 aromatic carbocycles. The maximum absolute atomic E-state index is 14.2. The highest BCUT2D eigenvalue weighted by Crippen LogP contribution is 2.53. The molecule has 0 radical (unpaired) electrons. The Kier molecular flexibility index (Phi) is 5.05. The zero-order valence-corrected chi connectivity index (χ0v) is 21.5. The van der Waals surface area contributed by atoms with Gasteiger partial charge < -0.3 is 20.3 Å². The van der Waals surface area contributed by atoms with Crippen LogP contribution in [-0.2, 0) is 24.8 Å². The van der Waals surface area contributed by atoms with Gasteiger partial charge in [-0.15, -0.1) is 11.3 Å². The Labute approximate surface area is 214 Å². The maximum Gasteiger partial charge on any atom is 0.318 e. The Morgan fingerprint density at radius 3 is 2.94 bits per heavy atom. The molecule has 0 unspecified atom stereocenters. The van der Waals surface area contributed by atoms with Crippen LogP contribution in [0.5, 0.6) is 6.01 Å². The van der Waals surface area contributed by atoms with Crippen LogP contribution in [0.1, 0.15) is 52.9 Å². The normalized spacial score (nSPS) is 28.6. The van der Waals surface area contributed by atoms with Gasteiger partial charge in [0.1, 0.15) is 29.7 Å². The molecule has 2 N–H and O–H groups in total. The van der Waals surface area contributed by atoms with E-state index in [1.54, 1.807) is 11.3 Å². The van der Waals surface area contributed by atoms with Crippen LogP contribution in [0.2, 0.25) is 0 Å². The van der Waals surface area contributed by atoms with Gasteiger partial charge in [0.25, 0.3) is 0 Å². The van der Waals surface area contributed by atoms with Crippen molar-refractivity contribution in [2.75, 3.05) is 57.0 Å². The molecule has 2 atom stereocenters. The third kappa shape index (κ3) is 3.29. The van der Waals surface area contributed by atoms with Crippen LogP contribution in [0.3, 0.4) is 0 Å². The number of aromatic nitrogens is 2. The lowest BCUT2D eigenvalue weighted by molar-refractivity contribution is 0.107. The molecule has 5 aliphatic rings. The maximum atomic E-state index is 14.2. The van der Waals surface area contributed by atoms with Crippen LogP contribution in [0.15, 0.2) is 0 Å². The SMILES string of the molecule is CN1CCc2nc(OC[C@@]34CCCN3C[C@H](F)C4)nc(N3CC4(CCc5sc(N)c(C#N)c54)C3)c2C1. The second kappa shape index (κ2) is 8.01. The minimum Gasteiger partial charge on any atom is -0.461 e. The molecule has 3 saturated heterocycles. The standard InChI is InChI=1S/C26H32FN7OS/c1-32-8-4-19-18(12-32)23(31-24(30-19)35-15-26-5-2-7-34(26)11-16(27)9-26)33-13-25(14-33)6-3-20-21(25)17(10-28)22(29)36-20/h16H,2-9,11-15,29H2,1H3/t16-,26+/m1/s1. The van der Waals surface area contributed by atoms with Crippen molar-refractivity contribution in [3.63, 3.8) is 0 Å². The first kappa shape index (κ1) is 22.7. The Hall–Kier alpha value is -2.48. The lowest BCUT2D eigenvalue weighted by Gasteiger charge is -2.50. The number of likely N-dealkylation sites (N-methyl/N-ethyl adjacent to an activating group) is 1. The molecule has 3 fully saturated rings. The average molecular weight is 510 g/mol. The van der Waals surface area contributed by atoms with Crippen molar-refractivity contribution in [3.05, 3.63) is 27.3 Å². The smallest absolute Gasteiger partial charge is 0.318 e. The Morgan fingerprint density at radius 2 is 2.11 bits per heavy atom. The third-order valence-electron chi connectivity index (χ3n) is 9.21. The Balaban J connectivity index is 1.17. The highest BCUT2D eigenvalue weighted by Gasteiger charge is 2.52. The minimum atomic E-state index is -0.775. The number of thiophene rings is 1. The van der Waals surface area contributed by atoms with Crippen LogP contribution in [-0.4, -0.2) is 77.9 Å². The van der Waals surface area contributed by atoms with Gasteiger partial charge >= 0.3 is 6.01 Å². The van der Waals surface area contributed by atoms with Crippen LogP contribution in [0.4, 0.5) is 15.2 Å². The third-order valence-corrected chi connectivity index (χ3v) is 10.3. The van der Waals surface area contributed by atoms with Crippen LogP contribution in [0, 0.1) is 11.3 Å². The highest BCUT2D eigenvalue weighted by molar-refractivity contribution is 7.16. The summed E-state index contributed by atoms with van der Waals surface area (Å²) in [6.45, 7) is 5.34. The lowest BCUT2D eigenvalue weighted by Crippen LogP contribution is -2.59. The number of hydrogen-bond acceptors (Lipinski definition) is 9. The van der Waals surface area contributed by atoms with Crippen molar-refractivity contribution in [1.82, 2.24) is 19.8 Å². The van der Waals surface area contributed by atoms with E-state index in [4.69, 9.17) is 20.4 Å². The number of hydrogen-bond donors (Lipinski definition) is 1. The number of rotatable bonds is 4. The van der Waals surface area contributed by atoms with Crippen molar-refractivity contribution < 1.29 is 9.13 Å². The van der Waals surface area contributed by atoms with E-state index in [1.807, 2.05) is 0 Å². The highest BCUT2D eigenvalue weighted by atomic mass is 32.1. The summed E-state index contributed by atoms with van der Waals surface area (Å²) in [4.78, 5) is 18.0. The first-order valence-electron chi connectivity index (χ1n) is 13.1. The molecule has 6 heterocycles. The molecule has 0 saturated carbocycles. The van der Waals surface area contributed by atoms with E-state index in [2.05, 4.69) is 27.8 Å². The lowest BCUT2D eigenvalue weighted by atomic mass is 9.73. The van der Waals surface area contributed by atoms with Crippen molar-refractivity contribution >= 4 is 22.2 Å². The van der Waals surface area contributed by atoms with Gasteiger partial charge in [-0.25, -0.2) is 4.39 Å². The fourth-order valence-electron chi connectivity index (χ4n) is 7.46. The van der Waals surface area contributed by atoms with Crippen LogP contribution in [0.25, 0.3) is 0 Å². The number of ether oxygens (including phenoxy) is 1. The number of nitrogens with zero attached hydrogens (tertiary/aromatic N) is 6. The van der Waals surface area contributed by atoms with E-state index in [-0.39, 0.29) is 11.0 Å². The second-order valence-corrected chi connectivity index (χ2v) is 12.6. The molecule has 190 valence electrons. The quantitative estimate of drug-likeness (QED) is 0.672. The average Bonchev–Trinajstić information content (AvgIpc) is 3.54. The monoisotopic (exact) mass is 509 g/mol. The van der Waals surface area contributed by atoms with Gasteiger partial charge in [-0.2, -0.15) is 15.2 Å². The second-order valence-electron chi connectivity index (χ2n) is 11.5. The molecule has 36 heavy (non-hydrogen) atoms. The first-order chi connectivity index (χ1) is 17.4. The number of aryl methyl sites for hydroxylation is 1. The van der Waals surface area contributed by atoms with Gasteiger partial charge in [0, 0.05) is 61.4 Å². The molecular formula is C26H32FN7OS. The van der Waals surface area contributed by atoms with E-state index in [9.17, 15) is 9.65 Å². The molecule has 1 spiro atoms. The summed E-state index contributed by atoms with van der Waals surface area (Å²) in [6.07, 6.45) is 4.74. The number of alkyl halides is 1. The summed E-state index contributed by atoms with van der Waals surface area (Å²) in [5, 5.41) is 10.4. The summed E-state index contributed by atoms with van der Waals surface area (Å²) in [6, 6.07) is 2.79. The number of anilines is 2. The van der Waals surface area contributed by atoms with Gasteiger partial charge in [-0.1, -0.05) is 0 Å². The van der Waals surface area contributed by atoms with Gasteiger partial charge in [0.15, 0.2) is 0 Å². The van der Waals surface area contributed by atoms with Gasteiger partial charge in [0.05, 0.1) is 16.8 Å². The van der Waals surface area contributed by atoms with E-state index in [0.29, 0.717) is 36.1 Å². The molecule has 0 amide bonds. The van der Waals surface area contributed by atoms with Gasteiger partial charge in [-0.05, 0) is 44.8 Å². The van der Waals surface area contributed by atoms with E-state index < -0.39 is 6.17 Å². The molecule has 7 rings (SSSR count). The molecule has 4 aliphatic heterocycles. The van der Waals surface area contributed by atoms with Crippen LogP contribution >= 0.6 is 11.3 Å². The number of halogens is 1. The summed E-state index contributed by atoms with van der Waals surface area (Å²) in [7, 11) is 2.13. The van der Waals surface area contributed by atoms with Gasteiger partial charge in [-0.3, -0.25) is 4.90 Å². The van der Waals surface area contributed by atoms with Crippen molar-refractivity contribution in [2.24, 2.45) is 0 Å². The summed E-state index contributed by atoms with van der Waals surface area (Å²) in [5.74, 6) is 0.956. The fraction of sp³-hybridized carbons (Fsp3) is 0.654. The number of nitrogens with two attached hydrogens (primary N) is 1. The summed E-state index contributed by atoms with van der Waals surface area (Å²) >= 11 is 1.58. The van der Waals surface area contributed by atoms with Crippen molar-refractivity contribution in [3.8, 4) is 12.1 Å². The van der Waals surface area contributed by atoms with E-state index in [1.165, 1.54) is 16.0 Å². The number of nitriles is 1. The number of fused-ring (bicyclic) bond motifs is 4. The Morgan fingerprint density at radius 1 is 1.25 bits per heavy atom.